The lowest BCUT2D eigenvalue weighted by Gasteiger charge is -2.38. The first-order valence-electron chi connectivity index (χ1n) is 13.1. The lowest BCUT2D eigenvalue weighted by Crippen LogP contribution is -2.54. The van der Waals surface area contributed by atoms with E-state index in [0.717, 1.165) is 16.8 Å². The summed E-state index contributed by atoms with van der Waals surface area (Å²) >= 11 is 0. The van der Waals surface area contributed by atoms with Gasteiger partial charge in [0.1, 0.15) is 17.9 Å². The number of nitrogens with zero attached hydrogens (tertiary/aromatic N) is 5. The van der Waals surface area contributed by atoms with Crippen molar-refractivity contribution in [2.24, 2.45) is 0 Å². The summed E-state index contributed by atoms with van der Waals surface area (Å²) in [6.45, 7) is 1.30. The molecule has 0 bridgehead atoms. The van der Waals surface area contributed by atoms with Gasteiger partial charge in [-0.2, -0.15) is 5.10 Å². The summed E-state index contributed by atoms with van der Waals surface area (Å²) in [5.74, 6) is 0. The Balaban J connectivity index is 1.14. The highest BCUT2D eigenvalue weighted by Crippen LogP contribution is 2.25. The van der Waals surface area contributed by atoms with Crippen LogP contribution in [-0.2, 0) is 6.54 Å². The molecule has 4 heterocycles. The van der Waals surface area contributed by atoms with E-state index < -0.39 is 17.8 Å². The van der Waals surface area contributed by atoms with E-state index in [2.05, 4.69) is 20.7 Å². The van der Waals surface area contributed by atoms with Gasteiger partial charge in [-0.3, -0.25) is 9.36 Å². The Bertz CT molecular complexity index is 1530. The topological polar surface area (TPSA) is 117 Å². The second-order valence-electron chi connectivity index (χ2n) is 10.3. The molecule has 2 saturated heterocycles. The predicted molar refractivity (Wildman–Crippen MR) is 144 cm³/mol. The Morgan fingerprint density at radius 3 is 2.49 bits per heavy atom. The highest BCUT2D eigenvalue weighted by molar-refractivity contribution is 5.76. The molecule has 10 nitrogen and oxygen atoms in total. The third-order valence-electron chi connectivity index (χ3n) is 7.67. The van der Waals surface area contributed by atoms with Crippen molar-refractivity contribution >= 4 is 17.1 Å². The molecular weight excluding hydrogens is 501 g/mol. The number of carbonyl (C=O) groups excluding carboxylic acids is 1. The van der Waals surface area contributed by atoms with Crippen LogP contribution in [0.1, 0.15) is 12.8 Å². The van der Waals surface area contributed by atoms with E-state index in [0.29, 0.717) is 43.5 Å². The smallest absolute Gasteiger partial charge is 0.317 e. The van der Waals surface area contributed by atoms with E-state index in [9.17, 15) is 19.1 Å². The first-order chi connectivity index (χ1) is 18.9. The molecule has 0 saturated carbocycles. The van der Waals surface area contributed by atoms with E-state index in [4.69, 9.17) is 0 Å². The molecule has 3 N–H and O–H groups in total. The molecule has 2 aromatic carbocycles. The lowest BCUT2D eigenvalue weighted by molar-refractivity contribution is -0.0267. The van der Waals surface area contributed by atoms with Gasteiger partial charge in [-0.05, 0) is 36.1 Å². The van der Waals surface area contributed by atoms with Gasteiger partial charge in [0.15, 0.2) is 5.65 Å². The average molecular weight is 532 g/mol. The van der Waals surface area contributed by atoms with Crippen LogP contribution >= 0.6 is 0 Å². The number of carbonyl (C=O) groups is 1. The fourth-order valence-corrected chi connectivity index (χ4v) is 5.32. The number of amides is 2. The molecule has 39 heavy (non-hydrogen) atoms. The summed E-state index contributed by atoms with van der Waals surface area (Å²) in [5, 5.41) is 21.6. The van der Waals surface area contributed by atoms with Gasteiger partial charge in [-0.25, -0.2) is 18.9 Å². The van der Waals surface area contributed by atoms with Gasteiger partial charge in [0.05, 0.1) is 30.1 Å². The molecule has 0 radical (unpaired) electrons. The quantitative estimate of drug-likeness (QED) is 0.363. The van der Waals surface area contributed by atoms with Crippen LogP contribution in [0.2, 0.25) is 0 Å². The van der Waals surface area contributed by atoms with Gasteiger partial charge >= 0.3 is 6.03 Å². The second kappa shape index (κ2) is 10.2. The Labute approximate surface area is 224 Å². The lowest BCUT2D eigenvalue weighted by atomic mass is 9.91. The molecule has 2 aliphatic rings. The van der Waals surface area contributed by atoms with E-state index in [1.165, 1.54) is 17.1 Å². The zero-order valence-electron chi connectivity index (χ0n) is 21.3. The molecule has 11 heteroatoms. The fourth-order valence-electron chi connectivity index (χ4n) is 5.32. The number of alkyl halides is 1. The summed E-state index contributed by atoms with van der Waals surface area (Å²) < 4.78 is 16.9. The minimum Gasteiger partial charge on any atom is -0.388 e. The number of piperidine rings is 1. The van der Waals surface area contributed by atoms with Crippen LogP contribution in [0, 0.1) is 0 Å². The zero-order valence-corrected chi connectivity index (χ0v) is 21.3. The van der Waals surface area contributed by atoms with Crippen molar-refractivity contribution in [2.75, 3.05) is 26.2 Å². The average Bonchev–Trinajstić information content (AvgIpc) is 3.57. The van der Waals surface area contributed by atoms with Crippen molar-refractivity contribution in [3.8, 4) is 16.8 Å². The highest BCUT2D eigenvalue weighted by Gasteiger charge is 2.36. The van der Waals surface area contributed by atoms with Gasteiger partial charge < -0.3 is 20.6 Å². The zero-order chi connectivity index (χ0) is 27.0. The number of hydrogen-bond donors (Lipinski definition) is 3. The molecule has 2 aromatic heterocycles. The summed E-state index contributed by atoms with van der Waals surface area (Å²) in [5.41, 5.74) is 1.95. The molecule has 2 amide bonds. The normalized spacial score (nSPS) is 20.8. The van der Waals surface area contributed by atoms with Crippen LogP contribution in [0.4, 0.5) is 9.18 Å². The van der Waals surface area contributed by atoms with Crippen LogP contribution in [0.5, 0.6) is 0 Å². The Hall–Kier alpha value is -4.09. The Kier molecular flexibility index (Phi) is 6.61. The number of urea groups is 1. The number of hydrogen-bond acceptors (Lipinski definition) is 6. The number of likely N-dealkylation sites (tertiary alicyclic amines) is 1. The predicted octanol–water partition coefficient (Wildman–Crippen LogP) is 2.10. The molecule has 1 unspecified atom stereocenters. The van der Waals surface area contributed by atoms with Crippen LogP contribution in [0.15, 0.2) is 71.9 Å². The van der Waals surface area contributed by atoms with Crippen LogP contribution in [0.25, 0.3) is 27.8 Å². The van der Waals surface area contributed by atoms with Crippen LogP contribution < -0.4 is 16.2 Å². The number of aromatic nitrogens is 4. The molecule has 2 fully saturated rings. The molecule has 4 aromatic rings. The van der Waals surface area contributed by atoms with Gasteiger partial charge in [0.2, 0.25) is 0 Å². The van der Waals surface area contributed by atoms with Gasteiger partial charge in [-0.15, -0.1) is 0 Å². The first-order valence-corrected chi connectivity index (χ1v) is 13.1. The number of benzene rings is 2. The molecule has 0 spiro atoms. The largest absolute Gasteiger partial charge is 0.388 e. The van der Waals surface area contributed by atoms with Gasteiger partial charge in [0.25, 0.3) is 5.56 Å². The van der Waals surface area contributed by atoms with E-state index >= 15 is 0 Å². The standard InChI is InChI=1S/C28H30FN7O3/c29-23-15-30-16-24(23)33-27(38)34-12-10-28(39,11-13-34)17-35-18-31-25-22(26(35)37)14-32-36(25)21-8-6-20(7-9-21)19-4-2-1-3-5-19/h1-9,14,18,23-24,30,39H,10-13,15-17H2,(H,33,38)/t23?,24-/m1/s1. The molecular formula is C28H30FN7O3. The maximum atomic E-state index is 13.8. The highest BCUT2D eigenvalue weighted by atomic mass is 19.1. The number of aliphatic hydroxyl groups is 1. The van der Waals surface area contributed by atoms with Crippen molar-refractivity contribution in [2.45, 2.75) is 37.2 Å². The molecule has 202 valence electrons. The fraction of sp³-hybridized carbons (Fsp3) is 0.357. The van der Waals surface area contributed by atoms with Crippen molar-refractivity contribution in [3.63, 3.8) is 0 Å². The van der Waals surface area contributed by atoms with Crippen molar-refractivity contribution in [3.05, 3.63) is 77.5 Å². The summed E-state index contributed by atoms with van der Waals surface area (Å²) in [7, 11) is 0. The summed E-state index contributed by atoms with van der Waals surface area (Å²) in [6.07, 6.45) is 2.41. The minimum atomic E-state index is -1.17. The molecule has 6 rings (SSSR count). The van der Waals surface area contributed by atoms with E-state index in [1.807, 2.05) is 54.6 Å². The third kappa shape index (κ3) is 5.02. The van der Waals surface area contributed by atoms with Crippen molar-refractivity contribution < 1.29 is 14.3 Å². The maximum absolute atomic E-state index is 13.8. The number of halogens is 1. The Morgan fingerprint density at radius 2 is 1.79 bits per heavy atom. The molecule has 2 aliphatic heterocycles. The third-order valence-corrected chi connectivity index (χ3v) is 7.67. The number of rotatable bonds is 5. The van der Waals surface area contributed by atoms with Crippen LogP contribution in [0.3, 0.4) is 0 Å². The van der Waals surface area contributed by atoms with Gasteiger partial charge in [-0.1, -0.05) is 42.5 Å². The summed E-state index contributed by atoms with van der Waals surface area (Å²) in [4.78, 5) is 31.9. The summed E-state index contributed by atoms with van der Waals surface area (Å²) in [6, 6.07) is 17.1. The Morgan fingerprint density at radius 1 is 1.08 bits per heavy atom. The first kappa shape index (κ1) is 25.2. The maximum Gasteiger partial charge on any atom is 0.317 e. The van der Waals surface area contributed by atoms with Crippen molar-refractivity contribution in [1.82, 2.24) is 34.9 Å². The minimum absolute atomic E-state index is 0.0558. The number of nitrogens with one attached hydrogen (secondary N) is 2. The molecule has 2 atom stereocenters. The second-order valence-corrected chi connectivity index (χ2v) is 10.3. The van der Waals surface area contributed by atoms with Crippen molar-refractivity contribution in [1.29, 1.82) is 0 Å². The van der Waals surface area contributed by atoms with E-state index in [1.54, 1.807) is 9.58 Å². The number of fused-ring (bicyclic) bond motifs is 1. The monoisotopic (exact) mass is 531 g/mol. The van der Waals surface area contributed by atoms with Gasteiger partial charge in [0, 0.05) is 26.2 Å². The molecule has 0 aliphatic carbocycles. The van der Waals surface area contributed by atoms with E-state index in [-0.39, 0.29) is 24.7 Å². The van der Waals surface area contributed by atoms with Crippen LogP contribution in [-0.4, -0.2) is 79.4 Å². The SMILES string of the molecule is O=C(N[C@@H]1CNCC1F)N1CCC(O)(Cn2cnc3c(cnn3-c3ccc(-c4ccccc4)cc3)c2=O)CC1.